The third kappa shape index (κ3) is 7.60. The lowest BCUT2D eigenvalue weighted by molar-refractivity contribution is -0.145. The van der Waals surface area contributed by atoms with Crippen LogP contribution >= 0.6 is 0 Å². The highest BCUT2D eigenvalue weighted by atomic mass is 19.1. The van der Waals surface area contributed by atoms with Crippen LogP contribution in [0.2, 0.25) is 0 Å². The van der Waals surface area contributed by atoms with Gasteiger partial charge in [-0.3, -0.25) is 9.59 Å². The van der Waals surface area contributed by atoms with Crippen LogP contribution in [-0.4, -0.2) is 11.9 Å². The van der Waals surface area contributed by atoms with E-state index in [1.54, 1.807) is 0 Å². The molecule has 0 bridgehead atoms. The van der Waals surface area contributed by atoms with Crippen molar-refractivity contribution in [3.63, 3.8) is 0 Å². The zero-order chi connectivity index (χ0) is 31.1. The Labute approximate surface area is 258 Å². The average molecular weight is 597 g/mol. The fraction of sp³-hybridized carbons (Fsp3) is 0.316. The lowest BCUT2D eigenvalue weighted by Crippen LogP contribution is -2.30. The predicted octanol–water partition coefficient (Wildman–Crippen LogP) is 9.52. The van der Waals surface area contributed by atoms with Crippen molar-refractivity contribution in [1.29, 1.82) is 0 Å². The number of carbonyl (C=O) groups excluding carboxylic acids is 2. The fourth-order valence-electron chi connectivity index (χ4n) is 5.86. The fourth-order valence-corrected chi connectivity index (χ4v) is 5.86. The normalized spacial score (nSPS) is 16.4. The van der Waals surface area contributed by atoms with Crippen molar-refractivity contribution in [2.45, 2.75) is 65.2 Å². The molecule has 44 heavy (non-hydrogen) atoms. The molecule has 1 fully saturated rings. The number of halogens is 2. The maximum atomic E-state index is 14.2. The quantitative estimate of drug-likeness (QED) is 0.135. The van der Waals surface area contributed by atoms with E-state index in [0.717, 1.165) is 36.8 Å². The highest BCUT2D eigenvalue weighted by molar-refractivity contribution is 5.82. The van der Waals surface area contributed by atoms with E-state index in [-0.39, 0.29) is 23.8 Å². The molecule has 228 valence electrons. The monoisotopic (exact) mass is 596 g/mol. The van der Waals surface area contributed by atoms with Gasteiger partial charge in [0.2, 0.25) is 0 Å². The summed E-state index contributed by atoms with van der Waals surface area (Å²) in [4.78, 5) is 26.3. The van der Waals surface area contributed by atoms with Crippen LogP contribution in [0.5, 0.6) is 11.5 Å². The van der Waals surface area contributed by atoms with Gasteiger partial charge in [0.1, 0.15) is 23.1 Å². The molecule has 6 heteroatoms. The Bertz CT molecular complexity index is 1470. The van der Waals surface area contributed by atoms with E-state index < -0.39 is 11.6 Å². The van der Waals surface area contributed by atoms with Crippen LogP contribution in [0, 0.1) is 23.5 Å². The van der Waals surface area contributed by atoms with Crippen LogP contribution in [0.3, 0.4) is 0 Å². The number of ether oxygens (including phenoxy) is 2. The Hall–Kier alpha value is -4.32. The van der Waals surface area contributed by atoms with Gasteiger partial charge in [0, 0.05) is 11.1 Å². The Morgan fingerprint density at radius 1 is 0.591 bits per heavy atom. The molecule has 0 aromatic heterocycles. The van der Waals surface area contributed by atoms with Crippen molar-refractivity contribution in [2.24, 2.45) is 11.8 Å². The minimum absolute atomic E-state index is 0.313. The molecule has 0 N–H and O–H groups in total. The van der Waals surface area contributed by atoms with E-state index in [1.165, 1.54) is 47.5 Å². The van der Waals surface area contributed by atoms with E-state index in [0.29, 0.717) is 48.3 Å². The minimum atomic E-state index is -0.408. The summed E-state index contributed by atoms with van der Waals surface area (Å²) in [5.74, 6) is -1.73. The second-order valence-electron chi connectivity index (χ2n) is 11.6. The van der Waals surface area contributed by atoms with Gasteiger partial charge in [-0.1, -0.05) is 75.2 Å². The summed E-state index contributed by atoms with van der Waals surface area (Å²) < 4.78 is 40.0. The molecule has 0 aliphatic heterocycles. The van der Waals surface area contributed by atoms with Crippen molar-refractivity contribution in [1.82, 2.24) is 0 Å². The van der Waals surface area contributed by atoms with E-state index >= 15 is 0 Å². The van der Waals surface area contributed by atoms with E-state index in [1.807, 2.05) is 48.5 Å². The van der Waals surface area contributed by atoms with Gasteiger partial charge in [0.25, 0.3) is 0 Å². The first-order valence-electron chi connectivity index (χ1n) is 15.6. The Morgan fingerprint density at radius 3 is 1.30 bits per heavy atom. The number of aryl methyl sites for hydroxylation is 2. The first kappa shape index (κ1) is 31.1. The Morgan fingerprint density at radius 2 is 0.955 bits per heavy atom. The number of carbonyl (C=O) groups is 2. The third-order valence-corrected chi connectivity index (χ3v) is 8.31. The predicted molar refractivity (Wildman–Crippen MR) is 168 cm³/mol. The van der Waals surface area contributed by atoms with Gasteiger partial charge in [-0.25, -0.2) is 8.78 Å². The van der Waals surface area contributed by atoms with Crippen LogP contribution in [0.25, 0.3) is 22.3 Å². The van der Waals surface area contributed by atoms with E-state index in [2.05, 4.69) is 13.8 Å². The number of hydrogen-bond donors (Lipinski definition) is 0. The van der Waals surface area contributed by atoms with Crippen molar-refractivity contribution in [3.05, 3.63) is 108 Å². The number of benzene rings is 4. The van der Waals surface area contributed by atoms with E-state index in [9.17, 15) is 18.4 Å². The van der Waals surface area contributed by atoms with Gasteiger partial charge >= 0.3 is 11.9 Å². The maximum absolute atomic E-state index is 14.2. The molecular weight excluding hydrogens is 558 g/mol. The molecule has 0 spiro atoms. The van der Waals surface area contributed by atoms with Gasteiger partial charge in [-0.2, -0.15) is 0 Å². The molecule has 0 unspecified atom stereocenters. The second kappa shape index (κ2) is 14.4. The summed E-state index contributed by atoms with van der Waals surface area (Å²) in [6.45, 7) is 4.23. The van der Waals surface area contributed by atoms with Crippen molar-refractivity contribution in [2.75, 3.05) is 0 Å². The van der Waals surface area contributed by atoms with E-state index in [4.69, 9.17) is 9.47 Å². The van der Waals surface area contributed by atoms with Crippen LogP contribution in [0.1, 0.15) is 63.5 Å². The van der Waals surface area contributed by atoms with Gasteiger partial charge in [-0.05, 0) is 97.2 Å². The highest BCUT2D eigenvalue weighted by Crippen LogP contribution is 2.36. The highest BCUT2D eigenvalue weighted by Gasteiger charge is 2.33. The number of esters is 2. The molecule has 4 aromatic rings. The number of hydrogen-bond acceptors (Lipinski definition) is 4. The zero-order valence-corrected chi connectivity index (χ0v) is 25.3. The summed E-state index contributed by atoms with van der Waals surface area (Å²) >= 11 is 0. The summed E-state index contributed by atoms with van der Waals surface area (Å²) in [6, 6.07) is 24.0. The average Bonchev–Trinajstić information content (AvgIpc) is 3.04. The lowest BCUT2D eigenvalue weighted by atomic mass is 9.82. The van der Waals surface area contributed by atoms with Gasteiger partial charge < -0.3 is 9.47 Å². The molecule has 0 saturated heterocycles. The third-order valence-electron chi connectivity index (χ3n) is 8.31. The van der Waals surface area contributed by atoms with Crippen LogP contribution in [-0.2, 0) is 22.4 Å². The maximum Gasteiger partial charge on any atom is 0.314 e. The smallest absolute Gasteiger partial charge is 0.314 e. The lowest BCUT2D eigenvalue weighted by Gasteiger charge is -2.26. The largest absolute Gasteiger partial charge is 0.426 e. The zero-order valence-electron chi connectivity index (χ0n) is 25.3. The molecule has 1 aliphatic carbocycles. The molecule has 4 nitrogen and oxygen atoms in total. The van der Waals surface area contributed by atoms with Gasteiger partial charge in [-0.15, -0.1) is 0 Å². The van der Waals surface area contributed by atoms with Crippen molar-refractivity contribution in [3.8, 4) is 33.8 Å². The molecule has 1 aliphatic rings. The minimum Gasteiger partial charge on any atom is -0.426 e. The molecule has 0 atom stereocenters. The summed E-state index contributed by atoms with van der Waals surface area (Å²) in [5.41, 5.74) is 4.98. The first-order chi connectivity index (χ1) is 21.3. The van der Waals surface area contributed by atoms with Gasteiger partial charge in [0.15, 0.2) is 0 Å². The van der Waals surface area contributed by atoms with Crippen molar-refractivity contribution < 1.29 is 27.8 Å². The SMILES string of the molecule is CCCc1ccc(-c2cc(F)ccc2OC(=O)C2CCC(C(=O)Oc3ccc(F)cc3-c3ccc(CCC)cc3)CC2)cc1. The molecule has 4 aromatic carbocycles. The summed E-state index contributed by atoms with van der Waals surface area (Å²) in [6.07, 6.45) is 5.85. The van der Waals surface area contributed by atoms with Crippen molar-refractivity contribution >= 4 is 11.9 Å². The Kier molecular flexibility index (Phi) is 10.2. The molecule has 5 rings (SSSR count). The summed E-state index contributed by atoms with van der Waals surface area (Å²) in [7, 11) is 0. The Balaban J connectivity index is 1.21. The van der Waals surface area contributed by atoms with Crippen LogP contribution < -0.4 is 9.47 Å². The molecule has 0 amide bonds. The summed E-state index contributed by atoms with van der Waals surface area (Å²) in [5, 5.41) is 0. The van der Waals surface area contributed by atoms with Gasteiger partial charge in [0.05, 0.1) is 11.8 Å². The topological polar surface area (TPSA) is 52.6 Å². The molecular formula is C38H38F2O4. The molecule has 0 radical (unpaired) electrons. The molecule has 0 heterocycles. The standard InChI is InChI=1S/C38H38F2O4/c1-3-5-25-7-11-27(12-8-25)33-23-31(39)19-21-35(33)43-37(41)29-15-17-30(18-16-29)38(42)44-36-22-20-32(40)24-34(36)28-13-9-26(6-4-2)10-14-28/h7-14,19-24,29-30H,3-6,15-18H2,1-2H3. The first-order valence-corrected chi connectivity index (χ1v) is 15.6. The second-order valence-corrected chi connectivity index (χ2v) is 11.6. The number of rotatable bonds is 10. The van der Waals surface area contributed by atoms with Crippen LogP contribution in [0.4, 0.5) is 8.78 Å². The van der Waals surface area contributed by atoms with Crippen LogP contribution in [0.15, 0.2) is 84.9 Å². The molecule has 1 saturated carbocycles.